The molecule has 3 aromatic rings. The van der Waals surface area contributed by atoms with Crippen molar-refractivity contribution < 1.29 is 22.4 Å². The Bertz CT molecular complexity index is 1300. The molecule has 0 aliphatic carbocycles. The first kappa shape index (κ1) is 22.8. The third kappa shape index (κ3) is 4.30. The highest BCUT2D eigenvalue weighted by Gasteiger charge is 2.36. The Labute approximate surface area is 193 Å². The lowest BCUT2D eigenvalue weighted by Gasteiger charge is -2.41. The van der Waals surface area contributed by atoms with Crippen molar-refractivity contribution in [2.24, 2.45) is 5.92 Å². The zero-order chi connectivity index (χ0) is 23.9. The quantitative estimate of drug-likeness (QED) is 0.569. The number of anilines is 2. The van der Waals surface area contributed by atoms with Gasteiger partial charge in [0, 0.05) is 18.7 Å². The zero-order valence-electron chi connectivity index (χ0n) is 19.0. The van der Waals surface area contributed by atoms with Gasteiger partial charge in [0.05, 0.1) is 28.6 Å². The van der Waals surface area contributed by atoms with Gasteiger partial charge in [0.25, 0.3) is 5.91 Å². The molecule has 4 rings (SSSR count). The normalized spacial score (nSPS) is 16.1. The molecule has 0 bridgehead atoms. The minimum absolute atomic E-state index is 0.0147. The number of carbonyl (C=O) groups is 2. The molecule has 1 atom stereocenters. The van der Waals surface area contributed by atoms with E-state index in [-0.39, 0.29) is 34.4 Å². The van der Waals surface area contributed by atoms with Crippen LogP contribution in [0, 0.1) is 5.92 Å². The van der Waals surface area contributed by atoms with Crippen molar-refractivity contribution in [3.8, 4) is 11.1 Å². The molecule has 7 nitrogen and oxygen atoms in total. The van der Waals surface area contributed by atoms with Gasteiger partial charge in [0.2, 0.25) is 5.91 Å². The Kier molecular flexibility index (Phi) is 5.88. The summed E-state index contributed by atoms with van der Waals surface area (Å²) >= 11 is 0. The van der Waals surface area contributed by atoms with Crippen LogP contribution in [-0.4, -0.2) is 39.1 Å². The van der Waals surface area contributed by atoms with Gasteiger partial charge in [0.1, 0.15) is 0 Å². The molecule has 8 heteroatoms. The average molecular weight is 467 g/mol. The number of nitrogens with zero attached hydrogens (tertiary/aromatic N) is 2. The summed E-state index contributed by atoms with van der Waals surface area (Å²) in [5.74, 6) is -0.274. The molecule has 2 aromatic carbocycles. The SMILES string of the molecule is CC(C)C(=O)N1c2ccc(-c3ccc(S(C)(=O)=O)cc3)cc2N(C(=O)c2ccco2)C[C@@H]1C. The van der Waals surface area contributed by atoms with Crippen LogP contribution in [0.4, 0.5) is 11.4 Å². The number of benzene rings is 2. The molecule has 0 radical (unpaired) electrons. The third-order valence-corrected chi connectivity index (χ3v) is 6.87. The summed E-state index contributed by atoms with van der Waals surface area (Å²) in [4.78, 5) is 29.9. The van der Waals surface area contributed by atoms with Crippen LogP contribution >= 0.6 is 0 Å². The number of rotatable bonds is 4. The number of hydrogen-bond acceptors (Lipinski definition) is 5. The fraction of sp³-hybridized carbons (Fsp3) is 0.280. The molecule has 0 N–H and O–H groups in total. The minimum Gasteiger partial charge on any atom is -0.459 e. The molecule has 0 saturated heterocycles. The summed E-state index contributed by atoms with van der Waals surface area (Å²) in [5, 5.41) is 0. The summed E-state index contributed by atoms with van der Waals surface area (Å²) < 4.78 is 28.9. The Morgan fingerprint density at radius 3 is 2.24 bits per heavy atom. The van der Waals surface area contributed by atoms with Crippen molar-refractivity contribution in [2.75, 3.05) is 22.6 Å². The van der Waals surface area contributed by atoms with Crippen molar-refractivity contribution in [3.05, 3.63) is 66.6 Å². The van der Waals surface area contributed by atoms with Gasteiger partial charge in [-0.05, 0) is 54.4 Å². The van der Waals surface area contributed by atoms with Crippen LogP contribution in [0.1, 0.15) is 31.3 Å². The molecule has 2 amide bonds. The Morgan fingerprint density at radius 1 is 1.00 bits per heavy atom. The van der Waals surface area contributed by atoms with Crippen LogP contribution in [0.2, 0.25) is 0 Å². The average Bonchev–Trinajstić information content (AvgIpc) is 3.32. The van der Waals surface area contributed by atoms with Gasteiger partial charge in [-0.25, -0.2) is 8.42 Å². The molecule has 0 fully saturated rings. The third-order valence-electron chi connectivity index (χ3n) is 5.74. The molecule has 33 heavy (non-hydrogen) atoms. The van der Waals surface area contributed by atoms with E-state index in [1.807, 2.05) is 39.0 Å². The van der Waals surface area contributed by atoms with Gasteiger partial charge >= 0.3 is 0 Å². The lowest BCUT2D eigenvalue weighted by Crippen LogP contribution is -2.53. The second-order valence-electron chi connectivity index (χ2n) is 8.61. The van der Waals surface area contributed by atoms with E-state index in [2.05, 4.69) is 0 Å². The fourth-order valence-corrected chi connectivity index (χ4v) is 4.67. The smallest absolute Gasteiger partial charge is 0.294 e. The number of sulfone groups is 1. The molecule has 0 saturated carbocycles. The molecule has 1 aliphatic heterocycles. The Hall–Kier alpha value is -3.39. The molecule has 2 heterocycles. The van der Waals surface area contributed by atoms with Gasteiger partial charge in [-0.1, -0.05) is 32.0 Å². The highest BCUT2D eigenvalue weighted by atomic mass is 32.2. The van der Waals surface area contributed by atoms with E-state index in [1.165, 1.54) is 12.5 Å². The van der Waals surface area contributed by atoms with Gasteiger partial charge in [-0.2, -0.15) is 0 Å². The standard InChI is InChI=1S/C25H26N2O5S/c1-16(2)24(28)27-17(3)15-26(25(29)23-6-5-13-32-23)22-14-19(9-12-21(22)27)18-7-10-20(11-8-18)33(4,30)31/h5-14,16-17H,15H2,1-4H3/t17-/m0/s1. The number of carbonyl (C=O) groups excluding carboxylic acids is 2. The highest BCUT2D eigenvalue weighted by Crippen LogP contribution is 2.40. The van der Waals surface area contributed by atoms with Crippen molar-refractivity contribution in [1.82, 2.24) is 0 Å². The van der Waals surface area contributed by atoms with E-state index in [1.54, 1.807) is 46.2 Å². The van der Waals surface area contributed by atoms with Crippen molar-refractivity contribution >= 4 is 33.0 Å². The zero-order valence-corrected chi connectivity index (χ0v) is 19.8. The first-order chi connectivity index (χ1) is 15.6. The summed E-state index contributed by atoms with van der Waals surface area (Å²) in [6.07, 6.45) is 2.62. The van der Waals surface area contributed by atoms with E-state index in [0.717, 1.165) is 11.1 Å². The Morgan fingerprint density at radius 2 is 1.67 bits per heavy atom. The van der Waals surface area contributed by atoms with E-state index >= 15 is 0 Å². The largest absolute Gasteiger partial charge is 0.459 e. The molecule has 1 aromatic heterocycles. The predicted molar refractivity (Wildman–Crippen MR) is 127 cm³/mol. The Balaban J connectivity index is 1.83. The number of furan rings is 1. The van der Waals surface area contributed by atoms with Gasteiger partial charge in [0.15, 0.2) is 15.6 Å². The minimum atomic E-state index is -3.30. The lowest BCUT2D eigenvalue weighted by molar-refractivity contribution is -0.121. The van der Waals surface area contributed by atoms with Crippen LogP contribution in [-0.2, 0) is 14.6 Å². The second-order valence-corrected chi connectivity index (χ2v) is 10.6. The predicted octanol–water partition coefficient (Wildman–Crippen LogP) is 4.39. The fourth-order valence-electron chi connectivity index (χ4n) is 4.04. The van der Waals surface area contributed by atoms with Crippen LogP contribution in [0.5, 0.6) is 0 Å². The summed E-state index contributed by atoms with van der Waals surface area (Å²) in [6.45, 7) is 5.95. The lowest BCUT2D eigenvalue weighted by atomic mass is 9.99. The van der Waals surface area contributed by atoms with Crippen molar-refractivity contribution in [3.63, 3.8) is 0 Å². The maximum atomic E-state index is 13.2. The molecule has 172 valence electrons. The summed E-state index contributed by atoms with van der Waals surface area (Å²) in [5.41, 5.74) is 2.87. The maximum Gasteiger partial charge on any atom is 0.294 e. The van der Waals surface area contributed by atoms with Crippen LogP contribution < -0.4 is 9.80 Å². The van der Waals surface area contributed by atoms with E-state index < -0.39 is 9.84 Å². The van der Waals surface area contributed by atoms with E-state index in [9.17, 15) is 18.0 Å². The summed E-state index contributed by atoms with van der Waals surface area (Å²) in [6, 6.07) is 15.2. The molecule has 0 unspecified atom stereocenters. The second kappa shape index (κ2) is 8.51. The molecular formula is C25H26N2O5S. The first-order valence-electron chi connectivity index (χ1n) is 10.7. The van der Waals surface area contributed by atoms with Crippen molar-refractivity contribution in [1.29, 1.82) is 0 Å². The monoisotopic (exact) mass is 466 g/mol. The number of hydrogen-bond donors (Lipinski definition) is 0. The first-order valence-corrected chi connectivity index (χ1v) is 12.6. The number of amides is 2. The number of fused-ring (bicyclic) bond motifs is 1. The highest BCUT2D eigenvalue weighted by molar-refractivity contribution is 7.90. The molecule has 1 aliphatic rings. The molecule has 0 spiro atoms. The van der Waals surface area contributed by atoms with Crippen LogP contribution in [0.3, 0.4) is 0 Å². The van der Waals surface area contributed by atoms with Crippen LogP contribution in [0.15, 0.2) is 70.2 Å². The van der Waals surface area contributed by atoms with Crippen LogP contribution in [0.25, 0.3) is 11.1 Å². The van der Waals surface area contributed by atoms with E-state index in [0.29, 0.717) is 17.9 Å². The van der Waals surface area contributed by atoms with Gasteiger partial charge in [-0.15, -0.1) is 0 Å². The topological polar surface area (TPSA) is 87.9 Å². The van der Waals surface area contributed by atoms with Gasteiger partial charge in [-0.3, -0.25) is 9.59 Å². The molecular weight excluding hydrogens is 440 g/mol. The maximum absolute atomic E-state index is 13.2. The van der Waals surface area contributed by atoms with Crippen molar-refractivity contribution in [2.45, 2.75) is 31.7 Å². The summed E-state index contributed by atoms with van der Waals surface area (Å²) in [7, 11) is -3.30. The van der Waals surface area contributed by atoms with Gasteiger partial charge < -0.3 is 14.2 Å². The van der Waals surface area contributed by atoms with E-state index in [4.69, 9.17) is 4.42 Å².